The normalized spacial score (nSPS) is 9.75. The minimum Gasteiger partial charge on any atom is -0.350 e. The number of hydrogen-bond acceptors (Lipinski definition) is 2. The Balaban J connectivity index is 2.53. The largest absolute Gasteiger partial charge is 0.350 e. The van der Waals surface area contributed by atoms with Crippen LogP contribution >= 0.6 is 0 Å². The van der Waals surface area contributed by atoms with Crippen molar-refractivity contribution in [3.8, 4) is 0 Å². The van der Waals surface area contributed by atoms with Crippen LogP contribution in [0.25, 0.3) is 0 Å². The van der Waals surface area contributed by atoms with Gasteiger partial charge >= 0.3 is 0 Å². The highest BCUT2D eigenvalue weighted by Crippen LogP contribution is 1.84. The van der Waals surface area contributed by atoms with E-state index in [1.54, 1.807) is 0 Å². The number of alkyl halides is 1. The van der Waals surface area contributed by atoms with Gasteiger partial charge < -0.3 is 4.74 Å². The van der Waals surface area contributed by atoms with Gasteiger partial charge in [-0.2, -0.15) is 4.94 Å². The minimum absolute atomic E-state index is 0.0278. The second-order valence-corrected chi connectivity index (χ2v) is 1.18. The lowest BCUT2D eigenvalue weighted by Gasteiger charge is -1.93. The van der Waals surface area contributed by atoms with E-state index < -0.39 is 6.86 Å². The fraction of sp³-hybridized carbons (Fsp3) is 1.00. The van der Waals surface area contributed by atoms with E-state index in [0.29, 0.717) is 6.42 Å². The molecule has 0 saturated heterocycles. The van der Waals surface area contributed by atoms with E-state index in [1.165, 1.54) is 0 Å². The molecule has 0 amide bonds. The molecule has 0 N–H and O–H groups in total. The van der Waals surface area contributed by atoms with E-state index in [9.17, 15) is 8.92 Å². The van der Waals surface area contributed by atoms with Crippen molar-refractivity contribution in [3.63, 3.8) is 0 Å². The average Bonchev–Trinajstić information content (AvgIpc) is 1.81. The van der Waals surface area contributed by atoms with Gasteiger partial charge in [0.25, 0.3) is 0 Å². The first-order chi connectivity index (χ1) is 3.91. The van der Waals surface area contributed by atoms with E-state index in [2.05, 4.69) is 9.68 Å². The molecule has 2 nitrogen and oxygen atoms in total. The predicted molar refractivity (Wildman–Crippen MR) is 23.6 cm³/mol. The summed E-state index contributed by atoms with van der Waals surface area (Å²) in [6.45, 7) is -0.632. The number of rotatable bonds is 5. The van der Waals surface area contributed by atoms with Gasteiger partial charge in [0, 0.05) is 0 Å². The van der Waals surface area contributed by atoms with Crippen molar-refractivity contribution >= 4 is 0 Å². The summed E-state index contributed by atoms with van der Waals surface area (Å²) in [6, 6.07) is 0. The highest BCUT2D eigenvalue weighted by atomic mass is 19.3. The summed E-state index contributed by atoms with van der Waals surface area (Å²) in [4.78, 5) is 3.19. The van der Waals surface area contributed by atoms with Crippen LogP contribution in [0, 0.1) is 0 Å². The molecule has 0 aromatic rings. The molecular weight excluding hydrogens is 118 g/mol. The van der Waals surface area contributed by atoms with E-state index >= 15 is 0 Å². The van der Waals surface area contributed by atoms with E-state index in [1.807, 2.05) is 0 Å². The molecule has 0 rings (SSSR count). The average molecular weight is 126 g/mol. The quantitative estimate of drug-likeness (QED) is 0.515. The zero-order valence-electron chi connectivity index (χ0n) is 4.40. The van der Waals surface area contributed by atoms with Crippen LogP contribution in [-0.4, -0.2) is 20.1 Å². The molecule has 0 aromatic carbocycles. The topological polar surface area (TPSA) is 18.5 Å². The fourth-order valence-electron chi connectivity index (χ4n) is 0.270. The van der Waals surface area contributed by atoms with Crippen molar-refractivity contribution in [3.05, 3.63) is 0 Å². The van der Waals surface area contributed by atoms with Gasteiger partial charge in [-0.15, -0.1) is 0 Å². The number of halogens is 2. The first kappa shape index (κ1) is 7.78. The SMILES string of the molecule is FCOCCCOF. The monoisotopic (exact) mass is 126 g/mol. The Hall–Kier alpha value is -0.220. The van der Waals surface area contributed by atoms with Crippen LogP contribution < -0.4 is 0 Å². The molecule has 0 saturated carbocycles. The third-order valence-electron chi connectivity index (χ3n) is 0.587. The summed E-state index contributed by atoms with van der Waals surface area (Å²) < 4.78 is 26.1. The Morgan fingerprint density at radius 2 is 2.00 bits per heavy atom. The summed E-state index contributed by atoms with van der Waals surface area (Å²) in [7, 11) is 0. The third-order valence-corrected chi connectivity index (χ3v) is 0.587. The van der Waals surface area contributed by atoms with Gasteiger partial charge in [-0.05, 0) is 10.9 Å². The zero-order chi connectivity index (χ0) is 6.24. The second-order valence-electron chi connectivity index (χ2n) is 1.18. The maximum absolute atomic E-state index is 11.1. The maximum atomic E-state index is 11.1. The van der Waals surface area contributed by atoms with Gasteiger partial charge in [0.05, 0.1) is 13.2 Å². The van der Waals surface area contributed by atoms with Crippen molar-refractivity contribution in [2.24, 2.45) is 0 Å². The number of hydrogen-bond donors (Lipinski definition) is 0. The number of ether oxygens (including phenoxy) is 1. The fourth-order valence-corrected chi connectivity index (χ4v) is 0.270. The molecule has 50 valence electrons. The molecule has 0 aliphatic carbocycles. The van der Waals surface area contributed by atoms with Crippen molar-refractivity contribution in [1.82, 2.24) is 0 Å². The van der Waals surface area contributed by atoms with Crippen LogP contribution in [0.5, 0.6) is 0 Å². The van der Waals surface area contributed by atoms with Gasteiger partial charge in [-0.1, -0.05) is 0 Å². The van der Waals surface area contributed by atoms with Crippen LogP contribution in [0.15, 0.2) is 0 Å². The summed E-state index contributed by atoms with van der Waals surface area (Å²) in [5, 5.41) is 0. The first-order valence-electron chi connectivity index (χ1n) is 2.29. The first-order valence-corrected chi connectivity index (χ1v) is 2.29. The van der Waals surface area contributed by atoms with Crippen molar-refractivity contribution < 1.29 is 18.6 Å². The lowest BCUT2D eigenvalue weighted by molar-refractivity contribution is -0.137. The van der Waals surface area contributed by atoms with Crippen LogP contribution in [0.4, 0.5) is 8.92 Å². The Morgan fingerprint density at radius 1 is 1.25 bits per heavy atom. The zero-order valence-corrected chi connectivity index (χ0v) is 4.40. The van der Waals surface area contributed by atoms with Crippen molar-refractivity contribution in [2.45, 2.75) is 6.42 Å². The molecular formula is C4H8F2O2. The molecule has 0 aliphatic rings. The summed E-state index contributed by atoms with van der Waals surface area (Å²) in [5.74, 6) is 0. The standard InChI is InChI=1S/C4H8F2O2/c5-4-7-2-1-3-8-6/h1-4H2. The second kappa shape index (κ2) is 6.78. The molecule has 0 heterocycles. The van der Waals surface area contributed by atoms with Gasteiger partial charge in [-0.3, -0.25) is 0 Å². The van der Waals surface area contributed by atoms with Crippen molar-refractivity contribution in [2.75, 3.05) is 20.1 Å². The highest BCUT2D eigenvalue weighted by Gasteiger charge is 1.85. The lowest BCUT2D eigenvalue weighted by atomic mass is 10.5. The summed E-state index contributed by atoms with van der Waals surface area (Å²) in [5.41, 5.74) is 0. The lowest BCUT2D eigenvalue weighted by Crippen LogP contribution is -1.95. The Bertz CT molecular complexity index is 37.0. The van der Waals surface area contributed by atoms with Crippen LogP contribution in [0.1, 0.15) is 6.42 Å². The molecule has 0 aromatic heterocycles. The third kappa shape index (κ3) is 5.78. The molecule has 0 bridgehead atoms. The van der Waals surface area contributed by atoms with Gasteiger partial charge in [-0.25, -0.2) is 4.39 Å². The molecule has 0 radical (unpaired) electrons. The molecule has 0 spiro atoms. The molecule has 0 unspecified atom stereocenters. The van der Waals surface area contributed by atoms with Gasteiger partial charge in [0.1, 0.15) is 0 Å². The highest BCUT2D eigenvalue weighted by molar-refractivity contribution is 4.27. The van der Waals surface area contributed by atoms with Gasteiger partial charge in [0.15, 0.2) is 6.86 Å². The van der Waals surface area contributed by atoms with Crippen molar-refractivity contribution in [1.29, 1.82) is 0 Å². The van der Waals surface area contributed by atoms with E-state index in [-0.39, 0.29) is 13.2 Å². The molecule has 0 aliphatic heterocycles. The Morgan fingerprint density at radius 3 is 2.50 bits per heavy atom. The molecule has 8 heavy (non-hydrogen) atoms. The smallest absolute Gasteiger partial charge is 0.188 e. The van der Waals surface area contributed by atoms with Crippen LogP contribution in [-0.2, 0) is 9.68 Å². The van der Waals surface area contributed by atoms with E-state index in [0.717, 1.165) is 0 Å². The van der Waals surface area contributed by atoms with Crippen LogP contribution in [0.3, 0.4) is 0 Å². The summed E-state index contributed by atoms with van der Waals surface area (Å²) >= 11 is 0. The minimum atomic E-state index is -0.813. The Labute approximate surface area is 46.3 Å². The Kier molecular flexibility index (Phi) is 6.59. The van der Waals surface area contributed by atoms with Crippen LogP contribution in [0.2, 0.25) is 0 Å². The van der Waals surface area contributed by atoms with Gasteiger partial charge in [0.2, 0.25) is 0 Å². The van der Waals surface area contributed by atoms with E-state index in [4.69, 9.17) is 0 Å². The predicted octanol–water partition coefficient (Wildman–Crippen LogP) is 1.22. The molecule has 4 heteroatoms. The maximum Gasteiger partial charge on any atom is 0.188 e. The molecule has 0 fully saturated rings. The summed E-state index contributed by atoms with van der Waals surface area (Å²) in [6.07, 6.45) is 0.389. The molecule has 0 atom stereocenters.